The minimum Gasteiger partial charge on any atom is -0.272 e. The van der Waals surface area contributed by atoms with Crippen molar-refractivity contribution in [3.63, 3.8) is 0 Å². The molecule has 1 unspecified atom stereocenters. The second-order valence-corrected chi connectivity index (χ2v) is 3.34. The molecule has 1 atom stereocenters. The summed E-state index contributed by atoms with van der Waals surface area (Å²) in [5.41, 5.74) is 1.91. The summed E-state index contributed by atoms with van der Waals surface area (Å²) in [6.07, 6.45) is 0. The standard InChI is InChI=1S/C3H4INS/c4-3-1-6-2-5-3/h2-3H,1H2. The van der Waals surface area contributed by atoms with E-state index >= 15 is 0 Å². The topological polar surface area (TPSA) is 12.4 Å². The normalized spacial score (nSPS) is 31.8. The number of thioether (sulfide) groups is 1. The van der Waals surface area contributed by atoms with Gasteiger partial charge in [-0.1, -0.05) is 22.6 Å². The van der Waals surface area contributed by atoms with Crippen molar-refractivity contribution in [2.75, 3.05) is 5.75 Å². The lowest BCUT2D eigenvalue weighted by Gasteiger charge is -1.85. The van der Waals surface area contributed by atoms with Crippen LogP contribution in [0.15, 0.2) is 4.99 Å². The molecule has 0 bridgehead atoms. The van der Waals surface area contributed by atoms with Crippen molar-refractivity contribution < 1.29 is 0 Å². The molecule has 34 valence electrons. The van der Waals surface area contributed by atoms with Crippen LogP contribution in [0.25, 0.3) is 0 Å². The number of hydrogen-bond donors (Lipinski definition) is 0. The molecule has 0 amide bonds. The molecular weight excluding hydrogens is 209 g/mol. The smallest absolute Gasteiger partial charge is 0.111 e. The summed E-state index contributed by atoms with van der Waals surface area (Å²) < 4.78 is 0.549. The lowest BCUT2D eigenvalue weighted by molar-refractivity contribution is 1.14. The van der Waals surface area contributed by atoms with Crippen molar-refractivity contribution in [3.8, 4) is 0 Å². The van der Waals surface area contributed by atoms with Gasteiger partial charge in [0.1, 0.15) is 4.05 Å². The number of alkyl halides is 1. The Morgan fingerprint density at radius 3 is 3.00 bits per heavy atom. The van der Waals surface area contributed by atoms with E-state index in [9.17, 15) is 0 Å². The van der Waals surface area contributed by atoms with E-state index in [0.717, 1.165) is 0 Å². The molecule has 0 aromatic rings. The third-order valence-electron chi connectivity index (χ3n) is 0.531. The highest BCUT2D eigenvalue weighted by Gasteiger charge is 2.02. The first-order valence-electron chi connectivity index (χ1n) is 1.67. The van der Waals surface area contributed by atoms with E-state index < -0.39 is 0 Å². The van der Waals surface area contributed by atoms with E-state index in [0.29, 0.717) is 4.05 Å². The first kappa shape index (κ1) is 4.90. The van der Waals surface area contributed by atoms with Crippen LogP contribution in [0.3, 0.4) is 0 Å². The van der Waals surface area contributed by atoms with Crippen molar-refractivity contribution in [3.05, 3.63) is 0 Å². The molecule has 0 aliphatic carbocycles. The van der Waals surface area contributed by atoms with E-state index in [1.54, 1.807) is 11.8 Å². The van der Waals surface area contributed by atoms with Crippen LogP contribution in [0.1, 0.15) is 0 Å². The Morgan fingerprint density at radius 2 is 2.83 bits per heavy atom. The molecule has 0 saturated carbocycles. The van der Waals surface area contributed by atoms with Gasteiger partial charge in [-0.25, -0.2) is 0 Å². The van der Waals surface area contributed by atoms with E-state index in [1.807, 2.05) is 5.55 Å². The summed E-state index contributed by atoms with van der Waals surface area (Å²) in [6, 6.07) is 0. The summed E-state index contributed by atoms with van der Waals surface area (Å²) in [7, 11) is 0. The predicted octanol–water partition coefficient (Wildman–Crippen LogP) is 1.52. The summed E-state index contributed by atoms with van der Waals surface area (Å²) in [5.74, 6) is 1.17. The maximum absolute atomic E-state index is 4.06. The van der Waals surface area contributed by atoms with Gasteiger partial charge < -0.3 is 0 Å². The van der Waals surface area contributed by atoms with Crippen molar-refractivity contribution >= 4 is 39.9 Å². The molecule has 1 aliphatic rings. The van der Waals surface area contributed by atoms with Crippen LogP contribution in [0, 0.1) is 0 Å². The highest BCUT2D eigenvalue weighted by molar-refractivity contribution is 14.1. The zero-order valence-electron chi connectivity index (χ0n) is 3.10. The Balaban J connectivity index is 2.38. The van der Waals surface area contributed by atoms with Crippen molar-refractivity contribution in [2.45, 2.75) is 4.05 Å². The van der Waals surface area contributed by atoms with Gasteiger partial charge in [0, 0.05) is 5.75 Å². The van der Waals surface area contributed by atoms with Gasteiger partial charge in [-0.15, -0.1) is 11.8 Å². The van der Waals surface area contributed by atoms with E-state index in [2.05, 4.69) is 27.6 Å². The zero-order valence-corrected chi connectivity index (χ0v) is 6.07. The second-order valence-electron chi connectivity index (χ2n) is 1.02. The second kappa shape index (κ2) is 2.16. The van der Waals surface area contributed by atoms with Crippen molar-refractivity contribution in [2.24, 2.45) is 4.99 Å². The molecule has 1 rings (SSSR count). The molecule has 1 heterocycles. The fraction of sp³-hybridized carbons (Fsp3) is 0.667. The molecule has 1 aliphatic heterocycles. The molecule has 3 heteroatoms. The fourth-order valence-electron chi connectivity index (χ4n) is 0.275. The Kier molecular flexibility index (Phi) is 1.76. The third kappa shape index (κ3) is 1.11. The quantitative estimate of drug-likeness (QED) is 0.337. The van der Waals surface area contributed by atoms with Gasteiger partial charge >= 0.3 is 0 Å². The van der Waals surface area contributed by atoms with Gasteiger partial charge in [-0.2, -0.15) is 0 Å². The molecule has 6 heavy (non-hydrogen) atoms. The van der Waals surface area contributed by atoms with Crippen molar-refractivity contribution in [1.82, 2.24) is 0 Å². The monoisotopic (exact) mass is 213 g/mol. The Morgan fingerprint density at radius 1 is 2.00 bits per heavy atom. The Labute approximate surface area is 54.7 Å². The summed E-state index contributed by atoms with van der Waals surface area (Å²) in [5, 5.41) is 0. The van der Waals surface area contributed by atoms with Gasteiger partial charge in [0.05, 0.1) is 5.55 Å². The summed E-state index contributed by atoms with van der Waals surface area (Å²) in [4.78, 5) is 4.06. The van der Waals surface area contributed by atoms with Crippen LogP contribution in [0.5, 0.6) is 0 Å². The molecule has 0 N–H and O–H groups in total. The molecular formula is C3H4INS. The number of hydrogen-bond acceptors (Lipinski definition) is 2. The molecule has 0 fully saturated rings. The van der Waals surface area contributed by atoms with Crippen LogP contribution < -0.4 is 0 Å². The fourth-order valence-corrected chi connectivity index (χ4v) is 1.84. The van der Waals surface area contributed by atoms with Crippen LogP contribution >= 0.6 is 34.4 Å². The van der Waals surface area contributed by atoms with Crippen molar-refractivity contribution in [1.29, 1.82) is 0 Å². The van der Waals surface area contributed by atoms with Crippen LogP contribution in [-0.4, -0.2) is 15.3 Å². The first-order chi connectivity index (χ1) is 2.89. The van der Waals surface area contributed by atoms with Gasteiger partial charge in [-0.3, -0.25) is 4.99 Å². The van der Waals surface area contributed by atoms with Gasteiger partial charge in [-0.05, 0) is 0 Å². The average molecular weight is 213 g/mol. The lowest BCUT2D eigenvalue weighted by Crippen LogP contribution is -1.86. The highest BCUT2D eigenvalue weighted by Crippen LogP contribution is 2.15. The van der Waals surface area contributed by atoms with Gasteiger partial charge in [0.2, 0.25) is 0 Å². The van der Waals surface area contributed by atoms with E-state index in [-0.39, 0.29) is 0 Å². The maximum Gasteiger partial charge on any atom is 0.111 e. The number of rotatable bonds is 0. The molecule has 1 nitrogen and oxygen atoms in total. The molecule has 0 aromatic carbocycles. The Bertz CT molecular complexity index is 73.2. The molecule has 0 aromatic heterocycles. The molecule has 0 radical (unpaired) electrons. The molecule has 0 saturated heterocycles. The third-order valence-corrected chi connectivity index (χ3v) is 2.67. The first-order valence-corrected chi connectivity index (χ1v) is 3.96. The minimum absolute atomic E-state index is 0.549. The number of nitrogens with zero attached hydrogens (tertiary/aromatic N) is 1. The van der Waals surface area contributed by atoms with Crippen LogP contribution in [-0.2, 0) is 0 Å². The minimum atomic E-state index is 0.549. The largest absolute Gasteiger partial charge is 0.272 e. The van der Waals surface area contributed by atoms with Crippen LogP contribution in [0.2, 0.25) is 0 Å². The number of aliphatic imine (C=N–C) groups is 1. The maximum atomic E-state index is 4.06. The number of halogens is 1. The zero-order chi connectivity index (χ0) is 4.41. The lowest BCUT2D eigenvalue weighted by atomic mass is 10.8. The average Bonchev–Trinajstić information content (AvgIpc) is 1.86. The highest BCUT2D eigenvalue weighted by atomic mass is 127. The van der Waals surface area contributed by atoms with E-state index in [1.165, 1.54) is 5.75 Å². The predicted molar refractivity (Wildman–Crippen MR) is 38.8 cm³/mol. The SMILES string of the molecule is IC1CSC=N1. The summed E-state index contributed by atoms with van der Waals surface area (Å²) >= 11 is 4.10. The van der Waals surface area contributed by atoms with Crippen LogP contribution in [0.4, 0.5) is 0 Å². The van der Waals surface area contributed by atoms with Gasteiger partial charge in [0.15, 0.2) is 0 Å². The summed E-state index contributed by atoms with van der Waals surface area (Å²) in [6.45, 7) is 0. The van der Waals surface area contributed by atoms with Gasteiger partial charge in [0.25, 0.3) is 0 Å². The van der Waals surface area contributed by atoms with E-state index in [4.69, 9.17) is 0 Å². The molecule has 0 spiro atoms. The Hall–Kier alpha value is 0.750.